The van der Waals surface area contributed by atoms with Crippen LogP contribution in [0.25, 0.3) is 0 Å². The Morgan fingerprint density at radius 1 is 1.67 bits per heavy atom. The summed E-state index contributed by atoms with van der Waals surface area (Å²) in [5.74, 6) is 0. The zero-order chi connectivity index (χ0) is 8.60. The lowest BCUT2D eigenvalue weighted by Crippen LogP contribution is -2.32. The predicted octanol–water partition coefficient (Wildman–Crippen LogP) is 2.05. The molecule has 0 radical (unpaired) electrons. The van der Waals surface area contributed by atoms with Crippen LogP contribution in [-0.4, -0.2) is 10.9 Å². The van der Waals surface area contributed by atoms with Gasteiger partial charge in [0.05, 0.1) is 11.2 Å². The third-order valence-electron chi connectivity index (χ3n) is 2.54. The van der Waals surface area contributed by atoms with E-state index < -0.39 is 0 Å². The van der Waals surface area contributed by atoms with Gasteiger partial charge in [-0.3, -0.25) is 0 Å². The van der Waals surface area contributed by atoms with Crippen LogP contribution in [0.1, 0.15) is 30.3 Å². The van der Waals surface area contributed by atoms with Crippen molar-refractivity contribution in [2.24, 2.45) is 0 Å². The summed E-state index contributed by atoms with van der Waals surface area (Å²) in [6.07, 6.45) is 2.53. The molecule has 1 atom stereocenters. The topological polar surface area (TPSA) is 24.9 Å². The van der Waals surface area contributed by atoms with E-state index in [1.807, 2.05) is 0 Å². The smallest absolute Gasteiger partial charge is 0.0516 e. The molecule has 1 aliphatic rings. The maximum Gasteiger partial charge on any atom is 0.0516 e. The highest BCUT2D eigenvalue weighted by Gasteiger charge is 2.31. The lowest BCUT2D eigenvalue weighted by molar-refractivity contribution is 0.444. The van der Waals surface area contributed by atoms with Gasteiger partial charge in [-0.2, -0.15) is 4.37 Å². The summed E-state index contributed by atoms with van der Waals surface area (Å²) >= 11 is 1.63. The Labute approximate surface area is 77.2 Å². The second kappa shape index (κ2) is 2.82. The van der Waals surface area contributed by atoms with Crippen molar-refractivity contribution in [3.63, 3.8) is 0 Å². The van der Waals surface area contributed by atoms with E-state index in [-0.39, 0.29) is 5.54 Å². The lowest BCUT2D eigenvalue weighted by atomic mass is 9.98. The van der Waals surface area contributed by atoms with Gasteiger partial charge in [0.15, 0.2) is 0 Å². The highest BCUT2D eigenvalue weighted by atomic mass is 32.1. The number of aryl methyl sites for hydroxylation is 1. The van der Waals surface area contributed by atoms with Crippen molar-refractivity contribution in [1.82, 2.24) is 9.69 Å². The Morgan fingerprint density at radius 3 is 3.00 bits per heavy atom. The van der Waals surface area contributed by atoms with E-state index >= 15 is 0 Å². The molecule has 1 fully saturated rings. The van der Waals surface area contributed by atoms with Crippen LogP contribution in [0.2, 0.25) is 0 Å². The fourth-order valence-electron chi connectivity index (χ4n) is 1.73. The minimum atomic E-state index is 0.214. The molecule has 2 rings (SSSR count). The van der Waals surface area contributed by atoms with Gasteiger partial charge in [-0.15, -0.1) is 0 Å². The van der Waals surface area contributed by atoms with Gasteiger partial charge in [0.25, 0.3) is 0 Å². The summed E-state index contributed by atoms with van der Waals surface area (Å²) in [7, 11) is 0. The molecule has 1 N–H and O–H groups in total. The van der Waals surface area contributed by atoms with Gasteiger partial charge in [0, 0.05) is 4.88 Å². The van der Waals surface area contributed by atoms with Crippen LogP contribution in [0, 0.1) is 6.92 Å². The number of nitrogens with one attached hydrogen (secondary N) is 1. The summed E-state index contributed by atoms with van der Waals surface area (Å²) in [5, 5.41) is 3.53. The van der Waals surface area contributed by atoms with E-state index in [1.54, 1.807) is 11.5 Å². The molecule has 2 nitrogen and oxygen atoms in total. The Kier molecular flexibility index (Phi) is 1.93. The molecule has 1 saturated heterocycles. The number of rotatable bonds is 1. The monoisotopic (exact) mass is 182 g/mol. The van der Waals surface area contributed by atoms with Crippen LogP contribution in [0.5, 0.6) is 0 Å². The Bertz CT molecular complexity index is 274. The summed E-state index contributed by atoms with van der Waals surface area (Å²) in [5.41, 5.74) is 1.36. The third kappa shape index (κ3) is 1.27. The van der Waals surface area contributed by atoms with Crippen molar-refractivity contribution in [3.8, 4) is 0 Å². The summed E-state index contributed by atoms with van der Waals surface area (Å²) < 4.78 is 4.31. The van der Waals surface area contributed by atoms with E-state index in [0.29, 0.717) is 0 Å². The average molecular weight is 182 g/mol. The van der Waals surface area contributed by atoms with Crippen LogP contribution >= 0.6 is 11.5 Å². The molecular formula is C9H14N2S. The normalized spacial score (nSPS) is 29.5. The highest BCUT2D eigenvalue weighted by Crippen LogP contribution is 2.32. The van der Waals surface area contributed by atoms with Gasteiger partial charge in [0.1, 0.15) is 0 Å². The molecule has 1 aliphatic heterocycles. The second-order valence-corrected chi connectivity index (χ2v) is 4.50. The lowest BCUT2D eigenvalue weighted by Gasteiger charge is -2.21. The van der Waals surface area contributed by atoms with E-state index in [1.165, 1.54) is 17.7 Å². The number of nitrogens with zero attached hydrogens (tertiary/aromatic N) is 1. The van der Waals surface area contributed by atoms with Gasteiger partial charge in [-0.1, -0.05) is 0 Å². The fraction of sp³-hybridized carbons (Fsp3) is 0.667. The summed E-state index contributed by atoms with van der Waals surface area (Å²) in [6, 6.07) is 2.20. The molecule has 0 saturated carbocycles. The van der Waals surface area contributed by atoms with Crippen molar-refractivity contribution < 1.29 is 0 Å². The first-order valence-corrected chi connectivity index (χ1v) is 5.17. The molecular weight excluding hydrogens is 168 g/mol. The first kappa shape index (κ1) is 8.20. The fourth-order valence-corrected chi connectivity index (χ4v) is 2.62. The molecule has 0 spiro atoms. The Balaban J connectivity index is 2.28. The number of hydrogen-bond acceptors (Lipinski definition) is 3. The van der Waals surface area contributed by atoms with Crippen molar-refractivity contribution in [2.75, 3.05) is 6.54 Å². The zero-order valence-electron chi connectivity index (χ0n) is 7.55. The molecule has 3 heteroatoms. The van der Waals surface area contributed by atoms with Crippen LogP contribution in [0.15, 0.2) is 6.07 Å². The highest BCUT2D eigenvalue weighted by molar-refractivity contribution is 7.06. The molecule has 1 aromatic rings. The van der Waals surface area contributed by atoms with Crippen molar-refractivity contribution in [1.29, 1.82) is 0 Å². The Hall–Kier alpha value is -0.410. The number of hydrogen-bond donors (Lipinski definition) is 1. The van der Waals surface area contributed by atoms with Crippen LogP contribution in [-0.2, 0) is 5.54 Å². The minimum absolute atomic E-state index is 0.214. The molecule has 12 heavy (non-hydrogen) atoms. The van der Waals surface area contributed by atoms with Gasteiger partial charge >= 0.3 is 0 Å². The van der Waals surface area contributed by atoms with Gasteiger partial charge < -0.3 is 5.32 Å². The van der Waals surface area contributed by atoms with Crippen molar-refractivity contribution >= 4 is 11.5 Å². The zero-order valence-corrected chi connectivity index (χ0v) is 8.37. The predicted molar refractivity (Wildman–Crippen MR) is 51.4 cm³/mol. The second-order valence-electron chi connectivity index (χ2n) is 3.69. The SMILES string of the molecule is Cc1cc(C2(C)CCCN2)sn1. The van der Waals surface area contributed by atoms with Crippen LogP contribution in [0.3, 0.4) is 0 Å². The first-order valence-electron chi connectivity index (χ1n) is 4.39. The van der Waals surface area contributed by atoms with Gasteiger partial charge in [-0.25, -0.2) is 0 Å². The molecule has 0 aliphatic carbocycles. The largest absolute Gasteiger partial charge is 0.307 e. The van der Waals surface area contributed by atoms with E-state index in [9.17, 15) is 0 Å². The van der Waals surface area contributed by atoms with Gasteiger partial charge in [-0.05, 0) is 50.8 Å². The van der Waals surface area contributed by atoms with E-state index in [4.69, 9.17) is 0 Å². The van der Waals surface area contributed by atoms with Crippen molar-refractivity contribution in [3.05, 3.63) is 16.6 Å². The summed E-state index contributed by atoms with van der Waals surface area (Å²) in [6.45, 7) is 5.47. The molecule has 1 aromatic heterocycles. The molecule has 66 valence electrons. The molecule has 0 bridgehead atoms. The van der Waals surface area contributed by atoms with Gasteiger partial charge in [0.2, 0.25) is 0 Å². The van der Waals surface area contributed by atoms with E-state index in [2.05, 4.69) is 29.6 Å². The van der Waals surface area contributed by atoms with Crippen LogP contribution in [0.4, 0.5) is 0 Å². The van der Waals surface area contributed by atoms with Crippen LogP contribution < -0.4 is 5.32 Å². The minimum Gasteiger partial charge on any atom is -0.307 e. The standard InChI is InChI=1S/C9H14N2S/c1-7-6-8(12-11-7)9(2)4-3-5-10-9/h6,10H,3-5H2,1-2H3. The number of aromatic nitrogens is 1. The summed E-state index contributed by atoms with van der Waals surface area (Å²) in [4.78, 5) is 1.39. The van der Waals surface area contributed by atoms with Crippen molar-refractivity contribution in [2.45, 2.75) is 32.2 Å². The molecule has 2 heterocycles. The molecule has 0 amide bonds. The Morgan fingerprint density at radius 2 is 2.50 bits per heavy atom. The third-order valence-corrected chi connectivity index (χ3v) is 3.68. The van der Waals surface area contributed by atoms with E-state index in [0.717, 1.165) is 12.2 Å². The molecule has 0 aromatic carbocycles. The quantitative estimate of drug-likeness (QED) is 0.719. The first-order chi connectivity index (χ1) is 5.71. The molecule has 1 unspecified atom stereocenters. The maximum atomic E-state index is 4.31. The maximum absolute atomic E-state index is 4.31. The average Bonchev–Trinajstić information content (AvgIpc) is 2.59.